The molecule has 2 unspecified atom stereocenters. The first kappa shape index (κ1) is 14.7. The summed E-state index contributed by atoms with van der Waals surface area (Å²) in [5, 5.41) is 0.718. The van der Waals surface area contributed by atoms with Crippen LogP contribution >= 0.6 is 11.6 Å². The monoisotopic (exact) mass is 281 g/mol. The lowest BCUT2D eigenvalue weighted by molar-refractivity contribution is 0.0891. The average Bonchev–Trinajstić information content (AvgIpc) is 2.41. The maximum atomic E-state index is 6.27. The van der Waals surface area contributed by atoms with Crippen LogP contribution in [0.25, 0.3) is 0 Å². The minimum Gasteiger partial charge on any atom is -0.490 e. The zero-order valence-corrected chi connectivity index (χ0v) is 12.6. The van der Waals surface area contributed by atoms with Crippen LogP contribution in [0.3, 0.4) is 0 Å². The molecule has 2 nitrogen and oxygen atoms in total. The Labute approximate surface area is 121 Å². The van der Waals surface area contributed by atoms with E-state index in [0.29, 0.717) is 12.0 Å². The number of rotatable bonds is 4. The molecule has 1 fully saturated rings. The van der Waals surface area contributed by atoms with Gasteiger partial charge in [0.25, 0.3) is 0 Å². The maximum absolute atomic E-state index is 6.27. The van der Waals surface area contributed by atoms with E-state index in [1.165, 1.54) is 25.7 Å². The molecule has 1 saturated carbocycles. The predicted molar refractivity (Wildman–Crippen MR) is 80.7 cm³/mol. The van der Waals surface area contributed by atoms with Crippen molar-refractivity contribution in [3.63, 3.8) is 0 Å². The number of benzene rings is 1. The van der Waals surface area contributed by atoms with Gasteiger partial charge in [0.1, 0.15) is 11.9 Å². The van der Waals surface area contributed by atoms with Gasteiger partial charge in [0.15, 0.2) is 0 Å². The molecule has 2 rings (SSSR count). The van der Waals surface area contributed by atoms with E-state index in [2.05, 4.69) is 6.92 Å². The highest BCUT2D eigenvalue weighted by Gasteiger charge is 2.26. The van der Waals surface area contributed by atoms with E-state index in [9.17, 15) is 0 Å². The molecule has 0 saturated heterocycles. The SMILES string of the molecule is CCC1CCCCC1Oc1ccc(Cl)cc1[C@H](C)N. The molecule has 2 N–H and O–H groups in total. The summed E-state index contributed by atoms with van der Waals surface area (Å²) < 4.78 is 6.27. The van der Waals surface area contributed by atoms with Crippen molar-refractivity contribution in [1.82, 2.24) is 0 Å². The molecule has 0 heterocycles. The molecular formula is C16H24ClNO. The number of nitrogens with two attached hydrogens (primary N) is 1. The van der Waals surface area contributed by atoms with Gasteiger partial charge >= 0.3 is 0 Å². The first-order chi connectivity index (χ1) is 9.11. The van der Waals surface area contributed by atoms with E-state index in [0.717, 1.165) is 22.8 Å². The van der Waals surface area contributed by atoms with Crippen molar-refractivity contribution in [1.29, 1.82) is 0 Å². The molecule has 0 aromatic heterocycles. The second-order valence-corrected chi connectivity index (χ2v) is 6.02. The zero-order chi connectivity index (χ0) is 13.8. The van der Waals surface area contributed by atoms with E-state index in [-0.39, 0.29) is 6.04 Å². The summed E-state index contributed by atoms with van der Waals surface area (Å²) in [6, 6.07) is 5.71. The van der Waals surface area contributed by atoms with Crippen molar-refractivity contribution in [3.8, 4) is 5.75 Å². The van der Waals surface area contributed by atoms with Crippen LogP contribution in [-0.4, -0.2) is 6.10 Å². The Hall–Kier alpha value is -0.730. The minimum absolute atomic E-state index is 0.0580. The van der Waals surface area contributed by atoms with Crippen LogP contribution < -0.4 is 10.5 Å². The lowest BCUT2D eigenvalue weighted by Gasteiger charge is -2.32. The van der Waals surface area contributed by atoms with Crippen LogP contribution in [0.1, 0.15) is 57.6 Å². The minimum atomic E-state index is -0.0580. The summed E-state index contributed by atoms with van der Waals surface area (Å²) in [6.45, 7) is 4.22. The third kappa shape index (κ3) is 3.64. The normalized spacial score (nSPS) is 25.1. The van der Waals surface area contributed by atoms with Gasteiger partial charge in [0.05, 0.1) is 0 Å². The Kier molecular flexibility index (Phi) is 5.12. The summed E-state index contributed by atoms with van der Waals surface area (Å²) in [5.41, 5.74) is 7.02. The van der Waals surface area contributed by atoms with Crippen LogP contribution in [0.4, 0.5) is 0 Å². The predicted octanol–water partition coefficient (Wildman–Crippen LogP) is 4.71. The van der Waals surface area contributed by atoms with Gasteiger partial charge in [-0.15, -0.1) is 0 Å². The van der Waals surface area contributed by atoms with Gasteiger partial charge in [-0.1, -0.05) is 24.9 Å². The van der Waals surface area contributed by atoms with E-state index < -0.39 is 0 Å². The Morgan fingerprint density at radius 2 is 2.11 bits per heavy atom. The zero-order valence-electron chi connectivity index (χ0n) is 11.9. The van der Waals surface area contributed by atoms with Crippen molar-refractivity contribution in [2.75, 3.05) is 0 Å². The topological polar surface area (TPSA) is 35.2 Å². The van der Waals surface area contributed by atoms with E-state index >= 15 is 0 Å². The van der Waals surface area contributed by atoms with Gasteiger partial charge in [-0.05, 0) is 56.7 Å². The highest BCUT2D eigenvalue weighted by molar-refractivity contribution is 6.30. The van der Waals surface area contributed by atoms with Gasteiger partial charge in [-0.3, -0.25) is 0 Å². The van der Waals surface area contributed by atoms with E-state index in [4.69, 9.17) is 22.1 Å². The molecule has 3 atom stereocenters. The molecule has 1 aliphatic carbocycles. The second-order valence-electron chi connectivity index (χ2n) is 5.58. The standard InChI is InChI=1S/C16H24ClNO/c1-3-12-6-4-5-7-15(12)19-16-9-8-13(17)10-14(16)11(2)18/h8-12,15H,3-7,18H2,1-2H3/t11-,12?,15?/m0/s1. The summed E-state index contributed by atoms with van der Waals surface area (Å²) in [5.74, 6) is 1.58. The Morgan fingerprint density at radius 1 is 1.37 bits per heavy atom. The van der Waals surface area contributed by atoms with Crippen molar-refractivity contribution >= 4 is 11.6 Å². The van der Waals surface area contributed by atoms with Gasteiger partial charge < -0.3 is 10.5 Å². The quantitative estimate of drug-likeness (QED) is 0.868. The van der Waals surface area contributed by atoms with E-state index in [1.807, 2.05) is 25.1 Å². The lowest BCUT2D eigenvalue weighted by Crippen LogP contribution is -2.30. The molecule has 0 aliphatic heterocycles. The Balaban J connectivity index is 2.17. The number of halogens is 1. The Bertz CT molecular complexity index is 419. The van der Waals surface area contributed by atoms with E-state index in [1.54, 1.807) is 0 Å². The third-order valence-corrected chi connectivity index (χ3v) is 4.34. The van der Waals surface area contributed by atoms with Crippen LogP contribution in [0.15, 0.2) is 18.2 Å². The van der Waals surface area contributed by atoms with Crippen LogP contribution in [0.2, 0.25) is 5.02 Å². The summed E-state index contributed by atoms with van der Waals surface area (Å²) in [4.78, 5) is 0. The molecule has 106 valence electrons. The van der Waals surface area contributed by atoms with Crippen molar-refractivity contribution in [2.45, 2.75) is 58.1 Å². The molecule has 19 heavy (non-hydrogen) atoms. The van der Waals surface area contributed by atoms with Crippen LogP contribution in [-0.2, 0) is 0 Å². The van der Waals surface area contributed by atoms with Crippen LogP contribution in [0.5, 0.6) is 5.75 Å². The fourth-order valence-electron chi connectivity index (χ4n) is 2.94. The summed E-state index contributed by atoms with van der Waals surface area (Å²) >= 11 is 6.05. The molecule has 1 aliphatic rings. The molecular weight excluding hydrogens is 258 g/mol. The second kappa shape index (κ2) is 6.62. The fourth-order valence-corrected chi connectivity index (χ4v) is 3.12. The summed E-state index contributed by atoms with van der Waals surface area (Å²) in [6.07, 6.45) is 6.55. The van der Waals surface area contributed by atoms with Gasteiger partial charge in [0.2, 0.25) is 0 Å². The first-order valence-corrected chi connectivity index (χ1v) is 7.71. The molecule has 1 aromatic carbocycles. The summed E-state index contributed by atoms with van der Waals surface area (Å²) in [7, 11) is 0. The van der Waals surface area contributed by atoms with Crippen molar-refractivity contribution in [3.05, 3.63) is 28.8 Å². The molecule has 0 bridgehead atoms. The molecule has 3 heteroatoms. The largest absolute Gasteiger partial charge is 0.490 e. The van der Waals surface area contributed by atoms with Gasteiger partial charge in [-0.2, -0.15) is 0 Å². The molecule has 0 amide bonds. The van der Waals surface area contributed by atoms with Crippen molar-refractivity contribution in [2.24, 2.45) is 11.7 Å². The highest BCUT2D eigenvalue weighted by atomic mass is 35.5. The smallest absolute Gasteiger partial charge is 0.124 e. The fraction of sp³-hybridized carbons (Fsp3) is 0.625. The third-order valence-electron chi connectivity index (χ3n) is 4.10. The molecule has 0 radical (unpaired) electrons. The number of hydrogen-bond acceptors (Lipinski definition) is 2. The molecule has 1 aromatic rings. The average molecular weight is 282 g/mol. The Morgan fingerprint density at radius 3 is 2.79 bits per heavy atom. The first-order valence-electron chi connectivity index (χ1n) is 7.33. The van der Waals surface area contributed by atoms with Gasteiger partial charge in [0, 0.05) is 16.6 Å². The number of hydrogen-bond donors (Lipinski definition) is 1. The lowest BCUT2D eigenvalue weighted by atomic mass is 9.84. The maximum Gasteiger partial charge on any atom is 0.124 e. The molecule has 0 spiro atoms. The number of ether oxygens (including phenoxy) is 1. The van der Waals surface area contributed by atoms with Gasteiger partial charge in [-0.25, -0.2) is 0 Å². The highest BCUT2D eigenvalue weighted by Crippen LogP contribution is 2.34. The van der Waals surface area contributed by atoms with Crippen LogP contribution in [0, 0.1) is 5.92 Å². The van der Waals surface area contributed by atoms with Crippen molar-refractivity contribution < 1.29 is 4.74 Å².